The van der Waals surface area contributed by atoms with Crippen molar-refractivity contribution in [2.75, 3.05) is 38.7 Å². The normalized spacial score (nSPS) is 17.2. The van der Waals surface area contributed by atoms with Gasteiger partial charge in [-0.25, -0.2) is 9.59 Å². The topological polar surface area (TPSA) is 160 Å². The number of aryl methyl sites for hydroxylation is 1. The van der Waals surface area contributed by atoms with Gasteiger partial charge in [0.25, 0.3) is 0 Å². The van der Waals surface area contributed by atoms with Crippen molar-refractivity contribution in [1.82, 2.24) is 16.0 Å². The maximum Gasteiger partial charge on any atom is 0.407 e. The molecule has 4 aromatic rings. The maximum atomic E-state index is 14.2. The smallest absolute Gasteiger partial charge is 0.407 e. The number of hydrogen-bond acceptors (Lipinski definition) is 9. The second-order valence-corrected chi connectivity index (χ2v) is 12.9. The molecule has 0 spiro atoms. The number of nitrogens with one attached hydrogen (secondary N) is 4. The van der Waals surface area contributed by atoms with Crippen molar-refractivity contribution in [3.05, 3.63) is 131 Å². The van der Waals surface area contributed by atoms with Crippen LogP contribution in [0, 0.1) is 11.3 Å². The van der Waals surface area contributed by atoms with E-state index in [1.54, 1.807) is 41.7 Å². The largest absolute Gasteiger partial charge is 0.491 e. The number of nitrogens with zero attached hydrogens (tertiary/aromatic N) is 1. The van der Waals surface area contributed by atoms with Crippen molar-refractivity contribution in [3.8, 4) is 11.8 Å². The highest BCUT2D eigenvalue weighted by atomic mass is 19.4. The lowest BCUT2D eigenvalue weighted by atomic mass is 9.84. The molecule has 0 aliphatic carbocycles. The number of carbonyl (C=O) groups is 3. The third kappa shape index (κ3) is 12.2. The van der Waals surface area contributed by atoms with Gasteiger partial charge in [-0.05, 0) is 59.9 Å². The maximum absolute atomic E-state index is 14.2. The third-order valence-corrected chi connectivity index (χ3v) is 9.05. The van der Waals surface area contributed by atoms with Gasteiger partial charge in [0.05, 0.1) is 30.9 Å². The fourth-order valence-corrected chi connectivity index (χ4v) is 6.26. The van der Waals surface area contributed by atoms with Crippen molar-refractivity contribution in [3.63, 3.8) is 0 Å². The molecule has 5 rings (SSSR count). The first-order valence-corrected chi connectivity index (χ1v) is 17.8. The third-order valence-electron chi connectivity index (χ3n) is 9.05. The van der Waals surface area contributed by atoms with Gasteiger partial charge in [-0.3, -0.25) is 4.79 Å². The molecule has 1 fully saturated rings. The summed E-state index contributed by atoms with van der Waals surface area (Å²) in [5.41, 5.74) is 3.41. The second kappa shape index (κ2) is 20.0. The molecule has 0 bridgehead atoms. The molecule has 3 amide bonds. The monoisotopic (exact) mass is 773 g/mol. The second-order valence-electron chi connectivity index (χ2n) is 12.9. The first kappa shape index (κ1) is 41.1. The van der Waals surface area contributed by atoms with E-state index < -0.39 is 54.9 Å². The lowest BCUT2D eigenvalue weighted by Gasteiger charge is -2.37. The van der Waals surface area contributed by atoms with Gasteiger partial charge in [-0.15, -0.1) is 0 Å². The average molecular weight is 774 g/mol. The summed E-state index contributed by atoms with van der Waals surface area (Å²) in [6.45, 7) is -1.50. The minimum Gasteiger partial charge on any atom is -0.491 e. The molecule has 0 radical (unpaired) electrons. The average Bonchev–Trinajstić information content (AvgIpc) is 3.21. The predicted molar refractivity (Wildman–Crippen MR) is 200 cm³/mol. The number of amides is 3. The number of anilines is 1. The summed E-state index contributed by atoms with van der Waals surface area (Å²) in [5, 5.41) is 19.8. The Kier molecular flexibility index (Phi) is 14.7. The van der Waals surface area contributed by atoms with Crippen molar-refractivity contribution >= 4 is 23.8 Å². The van der Waals surface area contributed by atoms with Crippen LogP contribution in [-0.4, -0.2) is 82.0 Å². The van der Waals surface area contributed by atoms with Crippen molar-refractivity contribution in [2.24, 2.45) is 0 Å². The molecule has 1 saturated heterocycles. The van der Waals surface area contributed by atoms with E-state index in [4.69, 9.17) is 24.2 Å². The highest BCUT2D eigenvalue weighted by molar-refractivity contribution is 5.98. The zero-order valence-corrected chi connectivity index (χ0v) is 30.5. The summed E-state index contributed by atoms with van der Waals surface area (Å²) in [4.78, 5) is 38.8. The van der Waals surface area contributed by atoms with Gasteiger partial charge >= 0.3 is 18.4 Å². The molecule has 0 saturated carbocycles. The van der Waals surface area contributed by atoms with Crippen LogP contribution < -0.4 is 26.0 Å². The molecule has 4 aromatic carbocycles. The molecule has 15 heteroatoms. The summed E-state index contributed by atoms with van der Waals surface area (Å²) in [6, 6.07) is 32.9. The number of methoxy groups -OCH3 is 1. The molecule has 294 valence electrons. The van der Waals surface area contributed by atoms with E-state index in [0.717, 1.165) is 16.7 Å². The highest BCUT2D eigenvalue weighted by Crippen LogP contribution is 2.30. The van der Waals surface area contributed by atoms with Gasteiger partial charge in [0, 0.05) is 18.2 Å². The van der Waals surface area contributed by atoms with E-state index in [9.17, 15) is 27.6 Å². The van der Waals surface area contributed by atoms with Crippen LogP contribution >= 0.6 is 0 Å². The van der Waals surface area contributed by atoms with Crippen LogP contribution in [0.3, 0.4) is 0 Å². The minimum atomic E-state index is -4.59. The molecule has 4 N–H and O–H groups in total. The molecule has 1 heterocycles. The zero-order chi connectivity index (χ0) is 39.9. The zero-order valence-electron chi connectivity index (χ0n) is 30.5. The van der Waals surface area contributed by atoms with E-state index in [0.29, 0.717) is 36.4 Å². The fourth-order valence-electron chi connectivity index (χ4n) is 6.26. The highest BCUT2D eigenvalue weighted by Gasteiger charge is 2.35. The SMILES string of the molecule is COC(=O)N[C@H](C(=O)Nc1ccccc1CC[C@@H]1CN[C@H](COC(=O)NCC(F)(F)F)[C@@H](COc2ccc(C#N)cc2)O1)C(c1ccccc1)c1ccccc1. The molecule has 56 heavy (non-hydrogen) atoms. The predicted octanol–water partition coefficient (Wildman–Crippen LogP) is 6.08. The summed E-state index contributed by atoms with van der Waals surface area (Å²) in [6.07, 6.45) is -6.70. The quantitative estimate of drug-likeness (QED) is 0.112. The van der Waals surface area contributed by atoms with Crippen molar-refractivity contribution < 1.29 is 46.5 Å². The van der Waals surface area contributed by atoms with E-state index in [2.05, 4.69) is 16.0 Å². The van der Waals surface area contributed by atoms with E-state index >= 15 is 0 Å². The number of morpholine rings is 1. The first-order valence-electron chi connectivity index (χ1n) is 17.8. The number of rotatable bonds is 15. The summed E-state index contributed by atoms with van der Waals surface area (Å²) in [7, 11) is 1.23. The Balaban J connectivity index is 1.28. The van der Waals surface area contributed by atoms with Crippen LogP contribution in [0.15, 0.2) is 109 Å². The summed E-state index contributed by atoms with van der Waals surface area (Å²) >= 11 is 0. The van der Waals surface area contributed by atoms with E-state index in [1.165, 1.54) is 7.11 Å². The molecule has 0 unspecified atom stereocenters. The van der Waals surface area contributed by atoms with Crippen molar-refractivity contribution in [1.29, 1.82) is 5.26 Å². The summed E-state index contributed by atoms with van der Waals surface area (Å²) in [5.74, 6) is -0.552. The minimum absolute atomic E-state index is 0.00117. The lowest BCUT2D eigenvalue weighted by molar-refractivity contribution is -0.124. The Hall–Kier alpha value is -6.11. The van der Waals surface area contributed by atoms with Crippen LogP contribution in [0.2, 0.25) is 0 Å². The van der Waals surface area contributed by atoms with Crippen LogP contribution in [-0.2, 0) is 25.4 Å². The van der Waals surface area contributed by atoms with E-state index in [-0.39, 0.29) is 19.3 Å². The van der Waals surface area contributed by atoms with Gasteiger partial charge in [-0.2, -0.15) is 18.4 Å². The van der Waals surface area contributed by atoms with Crippen LogP contribution in [0.5, 0.6) is 5.75 Å². The van der Waals surface area contributed by atoms with Crippen LogP contribution in [0.1, 0.15) is 34.6 Å². The number of alkyl halides is 3. The van der Waals surface area contributed by atoms with Gasteiger partial charge < -0.3 is 40.2 Å². The number of hydrogen-bond donors (Lipinski definition) is 4. The summed E-state index contributed by atoms with van der Waals surface area (Å²) < 4.78 is 60.1. The number of carbonyl (C=O) groups excluding carboxylic acids is 3. The molecular weight excluding hydrogens is 731 g/mol. The van der Waals surface area contributed by atoms with E-state index in [1.807, 2.05) is 78.9 Å². The number of benzene rings is 4. The first-order chi connectivity index (χ1) is 27.0. The van der Waals surface area contributed by atoms with Gasteiger partial charge in [-0.1, -0.05) is 78.9 Å². The van der Waals surface area contributed by atoms with Crippen LogP contribution in [0.25, 0.3) is 0 Å². The molecule has 0 aromatic heterocycles. The molecule has 4 atom stereocenters. The lowest BCUT2D eigenvalue weighted by Crippen LogP contribution is -2.57. The number of nitriles is 1. The number of alkyl carbamates (subject to hydrolysis) is 2. The number of halogens is 3. The number of para-hydroxylation sites is 1. The van der Waals surface area contributed by atoms with Gasteiger partial charge in [0.15, 0.2) is 0 Å². The fraction of sp³-hybridized carbons (Fsp3) is 0.317. The Labute approximate surface area is 322 Å². The Morgan fingerprint density at radius 3 is 2.16 bits per heavy atom. The molecule has 1 aliphatic rings. The Morgan fingerprint density at radius 2 is 1.54 bits per heavy atom. The van der Waals surface area contributed by atoms with Crippen LogP contribution in [0.4, 0.5) is 28.4 Å². The Morgan fingerprint density at radius 1 is 0.893 bits per heavy atom. The molecule has 12 nitrogen and oxygen atoms in total. The molecular formula is C41H42F3N5O7. The standard InChI is InChI=1S/C41H42F3N5O7/c1-53-40(52)49-37(36(29-11-4-2-5-12-29)30-13-6-3-7-14-30)38(50)48-33-15-9-8-10-28(33)18-21-32-23-46-34(24-55-39(51)47-26-41(42,43)44)35(56-32)25-54-31-19-16-27(22-45)17-20-31/h2-17,19-20,32,34-37,46H,18,21,23-26H2,1H3,(H,47,51)(H,48,50)(H,49,52)/t32-,34-,35-,37+/m1/s1. The molecule has 1 aliphatic heterocycles. The van der Waals surface area contributed by atoms with Crippen molar-refractivity contribution in [2.45, 2.75) is 49.2 Å². The Bertz CT molecular complexity index is 1890. The van der Waals surface area contributed by atoms with Gasteiger partial charge in [0.2, 0.25) is 5.91 Å². The van der Waals surface area contributed by atoms with Gasteiger partial charge in [0.1, 0.15) is 37.7 Å². The number of ether oxygens (including phenoxy) is 4.